The number of aromatic nitrogens is 2. The predicted molar refractivity (Wildman–Crippen MR) is 154 cm³/mol. The summed E-state index contributed by atoms with van der Waals surface area (Å²) in [6, 6.07) is 11.0. The Balaban J connectivity index is 1.26. The smallest absolute Gasteiger partial charge is 0.262 e. The Kier molecular flexibility index (Phi) is 9.59. The highest BCUT2D eigenvalue weighted by Gasteiger charge is 2.29. The zero-order valence-corrected chi connectivity index (χ0v) is 23.8. The molecule has 2 aliphatic rings. The predicted octanol–water partition coefficient (Wildman–Crippen LogP) is 4.28. The zero-order valence-electron chi connectivity index (χ0n) is 23.0. The summed E-state index contributed by atoms with van der Waals surface area (Å²) >= 11 is 1.34. The average Bonchev–Trinajstić information content (AvgIpc) is 3.70. The van der Waals surface area contributed by atoms with Crippen molar-refractivity contribution in [2.24, 2.45) is 11.8 Å². The van der Waals surface area contributed by atoms with Crippen LogP contribution in [0.1, 0.15) is 57.6 Å². The van der Waals surface area contributed by atoms with Crippen LogP contribution in [0.3, 0.4) is 0 Å². The number of benzene rings is 1. The van der Waals surface area contributed by atoms with Crippen molar-refractivity contribution in [3.8, 4) is 0 Å². The summed E-state index contributed by atoms with van der Waals surface area (Å²) in [6.07, 6.45) is 7.70. The van der Waals surface area contributed by atoms with Crippen LogP contribution in [0.5, 0.6) is 0 Å². The first-order valence-electron chi connectivity index (χ1n) is 14.4. The lowest BCUT2D eigenvalue weighted by molar-refractivity contribution is -0.126. The Labute approximate surface area is 238 Å². The van der Waals surface area contributed by atoms with Crippen molar-refractivity contribution in [2.45, 2.75) is 81.5 Å². The summed E-state index contributed by atoms with van der Waals surface area (Å²) in [5, 5.41) is 6.74. The van der Waals surface area contributed by atoms with E-state index in [1.165, 1.54) is 11.8 Å². The van der Waals surface area contributed by atoms with Gasteiger partial charge in [0.25, 0.3) is 5.56 Å². The molecule has 2 N–H and O–H groups in total. The van der Waals surface area contributed by atoms with Crippen molar-refractivity contribution in [1.29, 1.82) is 0 Å². The molecule has 0 bridgehead atoms. The maximum atomic E-state index is 13.6. The molecule has 2 aromatic heterocycles. The van der Waals surface area contributed by atoms with Crippen LogP contribution in [0.4, 0.5) is 0 Å². The third kappa shape index (κ3) is 6.96. The van der Waals surface area contributed by atoms with Crippen LogP contribution in [-0.2, 0) is 27.4 Å². The van der Waals surface area contributed by atoms with E-state index in [1.807, 2.05) is 31.2 Å². The number of ether oxygens (including phenoxy) is 1. The molecule has 3 aromatic rings. The molecular weight excluding hydrogens is 528 g/mol. The summed E-state index contributed by atoms with van der Waals surface area (Å²) in [5.74, 6) is 0.939. The van der Waals surface area contributed by atoms with Crippen LogP contribution in [0.2, 0.25) is 0 Å². The van der Waals surface area contributed by atoms with Crippen LogP contribution in [0.25, 0.3) is 10.9 Å². The number of nitrogens with zero attached hydrogens (tertiary/aromatic N) is 2. The number of carbonyl (C=O) groups is 2. The van der Waals surface area contributed by atoms with Gasteiger partial charge in [0.1, 0.15) is 5.76 Å². The number of furan rings is 1. The lowest BCUT2D eigenvalue weighted by Crippen LogP contribution is -2.38. The Bertz CT molecular complexity index is 1340. The van der Waals surface area contributed by atoms with Gasteiger partial charge in [0, 0.05) is 25.6 Å². The molecule has 40 heavy (non-hydrogen) atoms. The molecule has 0 spiro atoms. The standard InChI is InChI=1S/C30H38N4O5S/c1-2-26(28(36)32-18-23-8-6-16-39-23)40-30-33-25-10-4-3-9-24(25)29(37)34(30)19-20-11-13-21(14-12-20)27(35)31-17-22-7-5-15-38-22/h3-4,6,8-10,16,20-22,26H,2,5,7,11-15,17-19H2,1H3,(H,31,35)(H,32,36)/t20?,21?,22-,26+/m0/s1. The number of hydrogen-bond acceptors (Lipinski definition) is 7. The second-order valence-electron chi connectivity index (χ2n) is 10.7. The molecule has 0 radical (unpaired) electrons. The molecular formula is C30H38N4O5S. The van der Waals surface area contributed by atoms with Gasteiger partial charge >= 0.3 is 0 Å². The van der Waals surface area contributed by atoms with Gasteiger partial charge in [-0.1, -0.05) is 30.8 Å². The molecule has 2 atom stereocenters. The van der Waals surface area contributed by atoms with Gasteiger partial charge in [0.15, 0.2) is 5.16 Å². The fourth-order valence-electron chi connectivity index (χ4n) is 5.58. The quantitative estimate of drug-likeness (QED) is 0.263. The van der Waals surface area contributed by atoms with Crippen LogP contribution in [0.15, 0.2) is 57.0 Å². The van der Waals surface area contributed by atoms with E-state index >= 15 is 0 Å². The highest BCUT2D eigenvalue weighted by atomic mass is 32.2. The van der Waals surface area contributed by atoms with Gasteiger partial charge in [-0.05, 0) is 75.1 Å². The highest BCUT2D eigenvalue weighted by molar-refractivity contribution is 8.00. The van der Waals surface area contributed by atoms with Crippen LogP contribution < -0.4 is 16.2 Å². The summed E-state index contributed by atoms with van der Waals surface area (Å²) in [6.45, 7) is 4.16. The van der Waals surface area contributed by atoms with Gasteiger partial charge in [-0.2, -0.15) is 0 Å². The minimum Gasteiger partial charge on any atom is -0.467 e. The number of para-hydroxylation sites is 1. The molecule has 2 amide bonds. The Morgan fingerprint density at radius 3 is 2.65 bits per heavy atom. The average molecular weight is 567 g/mol. The van der Waals surface area contributed by atoms with Gasteiger partial charge in [-0.15, -0.1) is 0 Å². The lowest BCUT2D eigenvalue weighted by atomic mass is 9.81. The van der Waals surface area contributed by atoms with E-state index in [0.29, 0.717) is 47.9 Å². The molecule has 1 aliphatic heterocycles. The second kappa shape index (κ2) is 13.5. The van der Waals surface area contributed by atoms with E-state index in [1.54, 1.807) is 23.0 Å². The molecule has 1 saturated carbocycles. The molecule has 214 valence electrons. The van der Waals surface area contributed by atoms with E-state index in [9.17, 15) is 14.4 Å². The van der Waals surface area contributed by atoms with Gasteiger partial charge in [-0.3, -0.25) is 19.0 Å². The maximum Gasteiger partial charge on any atom is 0.262 e. The van der Waals surface area contributed by atoms with E-state index < -0.39 is 5.25 Å². The van der Waals surface area contributed by atoms with Gasteiger partial charge in [0.2, 0.25) is 11.8 Å². The third-order valence-electron chi connectivity index (χ3n) is 7.94. The second-order valence-corrected chi connectivity index (χ2v) is 11.9. The first-order valence-corrected chi connectivity index (χ1v) is 15.3. The molecule has 1 aromatic carbocycles. The maximum absolute atomic E-state index is 13.6. The van der Waals surface area contributed by atoms with Crippen molar-refractivity contribution < 1.29 is 18.7 Å². The fourth-order valence-corrected chi connectivity index (χ4v) is 6.63. The molecule has 2 fully saturated rings. The molecule has 1 saturated heterocycles. The van der Waals surface area contributed by atoms with Crippen LogP contribution in [-0.4, -0.2) is 45.9 Å². The number of thioether (sulfide) groups is 1. The minimum atomic E-state index is -0.405. The number of rotatable bonds is 11. The van der Waals surface area contributed by atoms with Gasteiger partial charge in [-0.25, -0.2) is 4.98 Å². The SMILES string of the molecule is CC[C@@H](Sc1nc2ccccc2c(=O)n1CC1CCC(C(=O)NC[C@@H]2CCCO2)CC1)C(=O)NCc1ccco1. The summed E-state index contributed by atoms with van der Waals surface area (Å²) in [4.78, 5) is 44.3. The molecule has 1 aliphatic carbocycles. The fraction of sp³-hybridized carbons (Fsp3) is 0.533. The number of fused-ring (bicyclic) bond motifs is 1. The van der Waals surface area contributed by atoms with Crippen LogP contribution >= 0.6 is 11.8 Å². The Hall–Kier alpha value is -3.11. The topological polar surface area (TPSA) is 115 Å². The number of hydrogen-bond donors (Lipinski definition) is 2. The van der Waals surface area contributed by atoms with Crippen molar-refractivity contribution in [2.75, 3.05) is 13.2 Å². The minimum absolute atomic E-state index is 0.000258. The Morgan fingerprint density at radius 2 is 1.93 bits per heavy atom. The Morgan fingerprint density at radius 1 is 1.10 bits per heavy atom. The molecule has 9 nitrogen and oxygen atoms in total. The summed E-state index contributed by atoms with van der Waals surface area (Å²) in [7, 11) is 0. The van der Waals surface area contributed by atoms with Crippen LogP contribution in [0, 0.1) is 11.8 Å². The van der Waals surface area contributed by atoms with Gasteiger partial charge in [0.05, 0.1) is 35.1 Å². The first kappa shape index (κ1) is 28.4. The molecule has 5 rings (SSSR count). The molecule has 0 unspecified atom stereocenters. The first-order chi connectivity index (χ1) is 19.5. The third-order valence-corrected chi connectivity index (χ3v) is 9.30. The van der Waals surface area contributed by atoms with Crippen molar-refractivity contribution in [3.05, 3.63) is 58.8 Å². The van der Waals surface area contributed by atoms with Crippen molar-refractivity contribution >= 4 is 34.5 Å². The number of nitrogens with one attached hydrogen (secondary N) is 2. The van der Waals surface area contributed by atoms with E-state index in [4.69, 9.17) is 14.1 Å². The highest BCUT2D eigenvalue weighted by Crippen LogP contribution is 2.32. The zero-order chi connectivity index (χ0) is 27.9. The van der Waals surface area contributed by atoms with Crippen molar-refractivity contribution in [1.82, 2.24) is 20.2 Å². The summed E-state index contributed by atoms with van der Waals surface area (Å²) in [5.41, 5.74) is 0.541. The van der Waals surface area contributed by atoms with Gasteiger partial charge < -0.3 is 19.8 Å². The number of carbonyl (C=O) groups excluding carboxylic acids is 2. The van der Waals surface area contributed by atoms with Crippen molar-refractivity contribution in [3.63, 3.8) is 0 Å². The van der Waals surface area contributed by atoms with E-state index in [-0.39, 0.29) is 35.3 Å². The summed E-state index contributed by atoms with van der Waals surface area (Å²) < 4.78 is 12.7. The molecule has 3 heterocycles. The molecule has 10 heteroatoms. The normalized spacial score (nSPS) is 21.8. The lowest BCUT2D eigenvalue weighted by Gasteiger charge is -2.29. The largest absolute Gasteiger partial charge is 0.467 e. The van der Waals surface area contributed by atoms with E-state index in [2.05, 4.69) is 10.6 Å². The van der Waals surface area contributed by atoms with E-state index in [0.717, 1.165) is 45.1 Å². The number of amides is 2. The monoisotopic (exact) mass is 566 g/mol.